The van der Waals surface area contributed by atoms with Gasteiger partial charge in [-0.2, -0.15) is 0 Å². The van der Waals surface area contributed by atoms with E-state index in [1.807, 2.05) is 18.3 Å². The van der Waals surface area contributed by atoms with Crippen LogP contribution in [0.25, 0.3) is 0 Å². The van der Waals surface area contributed by atoms with Gasteiger partial charge < -0.3 is 5.32 Å². The highest BCUT2D eigenvalue weighted by molar-refractivity contribution is 5.07. The van der Waals surface area contributed by atoms with E-state index in [9.17, 15) is 0 Å². The minimum absolute atomic E-state index is 0.368. The van der Waals surface area contributed by atoms with Crippen molar-refractivity contribution < 1.29 is 0 Å². The summed E-state index contributed by atoms with van der Waals surface area (Å²) in [7, 11) is 0. The van der Waals surface area contributed by atoms with E-state index in [2.05, 4.69) is 30.2 Å². The second-order valence-corrected chi connectivity index (χ2v) is 3.99. The Labute approximate surface area is 93.1 Å². The first-order valence-corrected chi connectivity index (χ1v) is 5.99. The normalized spacial score (nSPS) is 12.7. The largest absolute Gasteiger partial charge is 0.309 e. The maximum Gasteiger partial charge on any atom is 0.0570 e. The molecule has 0 amide bonds. The summed E-state index contributed by atoms with van der Waals surface area (Å²) in [5.74, 6) is 0. The van der Waals surface area contributed by atoms with Crippen molar-refractivity contribution in [3.63, 3.8) is 0 Å². The first-order valence-electron chi connectivity index (χ1n) is 5.99. The van der Waals surface area contributed by atoms with Crippen LogP contribution in [0.1, 0.15) is 51.3 Å². The van der Waals surface area contributed by atoms with E-state index in [-0.39, 0.29) is 0 Å². The molecule has 0 aliphatic carbocycles. The molecule has 1 aromatic rings. The Morgan fingerprint density at radius 3 is 2.80 bits per heavy atom. The molecule has 2 nitrogen and oxygen atoms in total. The summed E-state index contributed by atoms with van der Waals surface area (Å²) in [6.45, 7) is 5.50. The highest BCUT2D eigenvalue weighted by Gasteiger charge is 2.03. The van der Waals surface area contributed by atoms with Crippen LogP contribution >= 0.6 is 0 Å². The van der Waals surface area contributed by atoms with Crippen molar-refractivity contribution >= 4 is 0 Å². The van der Waals surface area contributed by atoms with Gasteiger partial charge in [-0.05, 0) is 32.0 Å². The second kappa shape index (κ2) is 7.41. The lowest BCUT2D eigenvalue weighted by Crippen LogP contribution is -2.20. The van der Waals surface area contributed by atoms with Gasteiger partial charge in [0.05, 0.1) is 5.69 Å². The fourth-order valence-electron chi connectivity index (χ4n) is 1.61. The smallest absolute Gasteiger partial charge is 0.0570 e. The highest BCUT2D eigenvalue weighted by Crippen LogP contribution is 2.08. The van der Waals surface area contributed by atoms with Gasteiger partial charge in [0.25, 0.3) is 0 Å². The van der Waals surface area contributed by atoms with Gasteiger partial charge in [-0.25, -0.2) is 0 Å². The summed E-state index contributed by atoms with van der Waals surface area (Å²) in [5.41, 5.74) is 1.13. The number of nitrogens with zero attached hydrogens (tertiary/aromatic N) is 1. The molecule has 1 aromatic heterocycles. The lowest BCUT2D eigenvalue weighted by Gasteiger charge is -2.12. The highest BCUT2D eigenvalue weighted by atomic mass is 14.9. The number of rotatable bonds is 7. The van der Waals surface area contributed by atoms with Crippen LogP contribution in [0.5, 0.6) is 0 Å². The average molecular weight is 206 g/mol. The topological polar surface area (TPSA) is 24.9 Å². The fourth-order valence-corrected chi connectivity index (χ4v) is 1.61. The molecule has 0 aliphatic heterocycles. The third kappa shape index (κ3) is 4.93. The maximum absolute atomic E-state index is 4.33. The lowest BCUT2D eigenvalue weighted by molar-refractivity contribution is 0.528. The van der Waals surface area contributed by atoms with Crippen LogP contribution in [0.4, 0.5) is 0 Å². The Morgan fingerprint density at radius 2 is 2.13 bits per heavy atom. The van der Waals surface area contributed by atoms with E-state index >= 15 is 0 Å². The number of unbranched alkanes of at least 4 members (excludes halogenated alkanes) is 3. The van der Waals surface area contributed by atoms with E-state index in [0.717, 1.165) is 12.2 Å². The SMILES string of the molecule is CCCCCCNC(C)c1ccccn1. The molecule has 1 unspecified atom stereocenters. The van der Waals surface area contributed by atoms with Crippen LogP contribution in [-0.2, 0) is 0 Å². The first kappa shape index (κ1) is 12.2. The van der Waals surface area contributed by atoms with Crippen molar-refractivity contribution in [2.45, 2.75) is 45.6 Å². The Bertz CT molecular complexity index is 246. The summed E-state index contributed by atoms with van der Waals surface area (Å²) in [6, 6.07) is 6.44. The number of hydrogen-bond donors (Lipinski definition) is 1. The molecule has 0 saturated heterocycles. The molecule has 0 spiro atoms. The predicted molar refractivity (Wildman–Crippen MR) is 64.8 cm³/mol. The van der Waals surface area contributed by atoms with Crippen LogP contribution in [-0.4, -0.2) is 11.5 Å². The number of pyridine rings is 1. The quantitative estimate of drug-likeness (QED) is 0.692. The van der Waals surface area contributed by atoms with E-state index < -0.39 is 0 Å². The third-order valence-corrected chi connectivity index (χ3v) is 2.61. The zero-order chi connectivity index (χ0) is 10.9. The summed E-state index contributed by atoms with van der Waals surface area (Å²) >= 11 is 0. The van der Waals surface area contributed by atoms with Gasteiger partial charge in [0, 0.05) is 12.2 Å². The van der Waals surface area contributed by atoms with E-state index in [1.54, 1.807) is 0 Å². The van der Waals surface area contributed by atoms with Gasteiger partial charge in [0.1, 0.15) is 0 Å². The van der Waals surface area contributed by atoms with E-state index in [1.165, 1.54) is 25.7 Å². The van der Waals surface area contributed by atoms with Crippen LogP contribution in [0.2, 0.25) is 0 Å². The molecule has 0 aromatic carbocycles. The summed E-state index contributed by atoms with van der Waals surface area (Å²) in [6.07, 6.45) is 7.10. The van der Waals surface area contributed by atoms with E-state index in [4.69, 9.17) is 0 Å². The molecule has 84 valence electrons. The molecule has 0 saturated carbocycles. The fraction of sp³-hybridized carbons (Fsp3) is 0.615. The summed E-state index contributed by atoms with van der Waals surface area (Å²) in [5, 5.41) is 3.50. The van der Waals surface area contributed by atoms with Crippen molar-refractivity contribution in [2.75, 3.05) is 6.54 Å². The second-order valence-electron chi connectivity index (χ2n) is 3.99. The molecule has 1 atom stereocenters. The number of nitrogens with one attached hydrogen (secondary N) is 1. The average Bonchev–Trinajstić information content (AvgIpc) is 2.30. The predicted octanol–water partition coefficient (Wildman–Crippen LogP) is 3.31. The Morgan fingerprint density at radius 1 is 1.27 bits per heavy atom. The van der Waals surface area contributed by atoms with E-state index in [0.29, 0.717) is 6.04 Å². The van der Waals surface area contributed by atoms with Crippen LogP contribution in [0.3, 0.4) is 0 Å². The Hall–Kier alpha value is -0.890. The van der Waals surface area contributed by atoms with Gasteiger partial charge in [-0.15, -0.1) is 0 Å². The molecular formula is C13H22N2. The van der Waals surface area contributed by atoms with Gasteiger partial charge in [-0.3, -0.25) is 4.98 Å². The van der Waals surface area contributed by atoms with Gasteiger partial charge in [-0.1, -0.05) is 32.3 Å². The van der Waals surface area contributed by atoms with Gasteiger partial charge >= 0.3 is 0 Å². The number of aromatic nitrogens is 1. The zero-order valence-electron chi connectivity index (χ0n) is 9.87. The zero-order valence-corrected chi connectivity index (χ0v) is 9.87. The van der Waals surface area contributed by atoms with Crippen molar-refractivity contribution in [3.8, 4) is 0 Å². The molecular weight excluding hydrogens is 184 g/mol. The van der Waals surface area contributed by atoms with Crippen molar-refractivity contribution in [2.24, 2.45) is 0 Å². The number of hydrogen-bond acceptors (Lipinski definition) is 2. The summed E-state index contributed by atoms with van der Waals surface area (Å²) < 4.78 is 0. The van der Waals surface area contributed by atoms with Crippen molar-refractivity contribution in [1.82, 2.24) is 10.3 Å². The molecule has 0 fully saturated rings. The Balaban J connectivity index is 2.16. The monoisotopic (exact) mass is 206 g/mol. The maximum atomic E-state index is 4.33. The lowest BCUT2D eigenvalue weighted by atomic mass is 10.2. The van der Waals surface area contributed by atoms with Crippen LogP contribution < -0.4 is 5.32 Å². The van der Waals surface area contributed by atoms with Crippen LogP contribution in [0, 0.1) is 0 Å². The van der Waals surface area contributed by atoms with Gasteiger partial charge in [0.2, 0.25) is 0 Å². The van der Waals surface area contributed by atoms with Crippen molar-refractivity contribution in [1.29, 1.82) is 0 Å². The molecule has 15 heavy (non-hydrogen) atoms. The van der Waals surface area contributed by atoms with Crippen molar-refractivity contribution in [3.05, 3.63) is 30.1 Å². The Kier molecular flexibility index (Phi) is 6.02. The molecule has 1 N–H and O–H groups in total. The minimum atomic E-state index is 0.368. The molecule has 0 radical (unpaired) electrons. The molecule has 1 rings (SSSR count). The molecule has 0 bridgehead atoms. The molecule has 0 aliphatic rings. The van der Waals surface area contributed by atoms with Crippen LogP contribution in [0.15, 0.2) is 24.4 Å². The first-order chi connectivity index (χ1) is 7.34. The molecule has 2 heteroatoms. The molecule has 1 heterocycles. The summed E-state index contributed by atoms with van der Waals surface area (Å²) in [4.78, 5) is 4.33. The minimum Gasteiger partial charge on any atom is -0.309 e. The standard InChI is InChI=1S/C13H22N2/c1-3-4-5-7-10-14-12(2)13-9-6-8-11-15-13/h6,8-9,11-12,14H,3-5,7,10H2,1-2H3. The van der Waals surface area contributed by atoms with Gasteiger partial charge in [0.15, 0.2) is 0 Å². The third-order valence-electron chi connectivity index (χ3n) is 2.61.